The maximum Gasteiger partial charge on any atom is 0.300 e. The molecule has 1 atom stereocenters. The van der Waals surface area contributed by atoms with E-state index >= 15 is 0 Å². The normalized spacial score (nSPS) is 16.9. The zero-order valence-electron chi connectivity index (χ0n) is 20.2. The third-order valence-corrected chi connectivity index (χ3v) is 6.30. The zero-order valence-corrected chi connectivity index (χ0v) is 20.2. The Morgan fingerprint density at radius 2 is 1.72 bits per heavy atom. The summed E-state index contributed by atoms with van der Waals surface area (Å²) in [6, 6.07) is 15.8. The smallest absolute Gasteiger partial charge is 0.300 e. The first-order chi connectivity index (χ1) is 17.3. The number of phenolic OH excluding ortho intramolecular Hbond substituents is 1. The fraction of sp³-hybridized carbons (Fsp3) is 0.214. The van der Waals surface area contributed by atoms with E-state index in [1.807, 2.05) is 26.0 Å². The molecule has 2 N–H and O–H groups in total. The first kappa shape index (κ1) is 24.8. The predicted molar refractivity (Wildman–Crippen MR) is 136 cm³/mol. The van der Waals surface area contributed by atoms with Crippen molar-refractivity contribution in [1.82, 2.24) is 0 Å². The number of carbonyl (C=O) groups excluding carboxylic acids is 2. The third kappa shape index (κ3) is 4.37. The summed E-state index contributed by atoms with van der Waals surface area (Å²) >= 11 is 0. The fourth-order valence-electron chi connectivity index (χ4n) is 4.53. The van der Waals surface area contributed by atoms with Crippen LogP contribution in [0.2, 0.25) is 0 Å². The lowest BCUT2D eigenvalue weighted by molar-refractivity contribution is -0.132. The number of aromatic hydroxyl groups is 1. The van der Waals surface area contributed by atoms with Crippen LogP contribution in [0, 0.1) is 5.82 Å². The molecule has 7 nitrogen and oxygen atoms in total. The van der Waals surface area contributed by atoms with Gasteiger partial charge in [-0.3, -0.25) is 14.5 Å². The number of ketones is 1. The van der Waals surface area contributed by atoms with E-state index in [-0.39, 0.29) is 22.6 Å². The van der Waals surface area contributed by atoms with Crippen LogP contribution in [0.3, 0.4) is 0 Å². The molecule has 1 heterocycles. The minimum Gasteiger partial charge on any atom is -0.508 e. The summed E-state index contributed by atoms with van der Waals surface area (Å²) in [5.74, 6) is -2.93. The van der Waals surface area contributed by atoms with Crippen molar-refractivity contribution in [2.75, 3.05) is 30.0 Å². The first-order valence-corrected chi connectivity index (χ1v) is 11.6. The van der Waals surface area contributed by atoms with Gasteiger partial charge in [0.15, 0.2) is 0 Å². The Hall–Kier alpha value is -4.33. The van der Waals surface area contributed by atoms with Gasteiger partial charge in [-0.2, -0.15) is 0 Å². The van der Waals surface area contributed by atoms with E-state index in [0.29, 0.717) is 11.3 Å². The van der Waals surface area contributed by atoms with E-state index in [4.69, 9.17) is 4.74 Å². The average Bonchev–Trinajstić information content (AvgIpc) is 3.15. The number of hydrogen-bond acceptors (Lipinski definition) is 6. The van der Waals surface area contributed by atoms with Gasteiger partial charge in [0.25, 0.3) is 11.7 Å². The molecule has 36 heavy (non-hydrogen) atoms. The van der Waals surface area contributed by atoms with E-state index in [9.17, 15) is 24.2 Å². The van der Waals surface area contributed by atoms with Crippen molar-refractivity contribution >= 4 is 28.8 Å². The molecule has 1 amide bonds. The van der Waals surface area contributed by atoms with Crippen molar-refractivity contribution in [3.05, 3.63) is 89.2 Å². The second kappa shape index (κ2) is 10.1. The van der Waals surface area contributed by atoms with Crippen LogP contribution in [0.4, 0.5) is 15.8 Å². The molecule has 1 aliphatic rings. The lowest BCUT2D eigenvalue weighted by Gasteiger charge is -2.27. The maximum atomic E-state index is 14.1. The molecule has 8 heteroatoms. The SMILES string of the molecule is CCN(CC)c1ccc(N2C(=O)C(=O)/C(=C(/O)c3cc(F)ccc3OC)C2c2cccc(O)c2)cc1. The van der Waals surface area contributed by atoms with Crippen LogP contribution in [-0.2, 0) is 9.59 Å². The molecule has 0 radical (unpaired) electrons. The summed E-state index contributed by atoms with van der Waals surface area (Å²) in [5, 5.41) is 21.4. The highest BCUT2D eigenvalue weighted by atomic mass is 19.1. The molecule has 1 aliphatic heterocycles. The van der Waals surface area contributed by atoms with E-state index in [2.05, 4.69) is 4.90 Å². The molecule has 1 saturated heterocycles. The number of benzene rings is 3. The lowest BCUT2D eigenvalue weighted by Crippen LogP contribution is -2.29. The zero-order chi connectivity index (χ0) is 26.0. The number of Topliss-reactive ketones (excluding diaryl/α,β-unsaturated/α-hetero) is 1. The van der Waals surface area contributed by atoms with Gasteiger partial charge in [-0.1, -0.05) is 12.1 Å². The molecule has 1 fully saturated rings. The second-order valence-electron chi connectivity index (χ2n) is 8.30. The van der Waals surface area contributed by atoms with Crippen molar-refractivity contribution in [2.45, 2.75) is 19.9 Å². The van der Waals surface area contributed by atoms with Crippen LogP contribution < -0.4 is 14.5 Å². The van der Waals surface area contributed by atoms with Gasteiger partial charge in [0, 0.05) is 24.5 Å². The standard InChI is InChI=1S/C28H27FN2O5/c1-4-30(5-2)19-10-12-20(13-11-19)31-25(17-7-6-8-21(32)15-17)24(27(34)28(31)35)26(33)22-16-18(29)9-14-23(22)36-3/h6-16,25,32-33H,4-5H2,1-3H3/b26-24+. The van der Waals surface area contributed by atoms with Gasteiger partial charge >= 0.3 is 0 Å². The highest BCUT2D eigenvalue weighted by Crippen LogP contribution is 2.44. The highest BCUT2D eigenvalue weighted by Gasteiger charge is 2.47. The van der Waals surface area contributed by atoms with Crippen LogP contribution in [0.1, 0.15) is 31.0 Å². The van der Waals surface area contributed by atoms with E-state index < -0.39 is 29.3 Å². The number of amides is 1. The number of rotatable bonds is 7. The summed E-state index contributed by atoms with van der Waals surface area (Å²) in [6.45, 7) is 5.69. The second-order valence-corrected chi connectivity index (χ2v) is 8.30. The lowest BCUT2D eigenvalue weighted by atomic mass is 9.94. The summed E-state index contributed by atoms with van der Waals surface area (Å²) in [6.07, 6.45) is 0. The van der Waals surface area contributed by atoms with E-state index in [1.165, 1.54) is 36.3 Å². The number of aliphatic hydroxyl groups excluding tert-OH is 1. The number of carbonyl (C=O) groups is 2. The van der Waals surface area contributed by atoms with E-state index in [1.54, 1.807) is 24.3 Å². The molecule has 4 rings (SSSR count). The number of anilines is 2. The third-order valence-electron chi connectivity index (χ3n) is 6.30. The molecule has 3 aromatic rings. The van der Waals surface area contributed by atoms with Crippen molar-refractivity contribution < 1.29 is 28.9 Å². The van der Waals surface area contributed by atoms with Crippen molar-refractivity contribution in [1.29, 1.82) is 0 Å². The number of methoxy groups -OCH3 is 1. The molecular weight excluding hydrogens is 463 g/mol. The Labute approximate surface area is 208 Å². The van der Waals surface area contributed by atoms with Crippen LogP contribution in [-0.4, -0.2) is 42.1 Å². The molecule has 0 spiro atoms. The average molecular weight is 491 g/mol. The highest BCUT2D eigenvalue weighted by molar-refractivity contribution is 6.51. The largest absolute Gasteiger partial charge is 0.508 e. The Kier molecular flexibility index (Phi) is 6.96. The summed E-state index contributed by atoms with van der Waals surface area (Å²) in [5.41, 5.74) is 1.50. The molecule has 0 bridgehead atoms. The summed E-state index contributed by atoms with van der Waals surface area (Å²) in [4.78, 5) is 30.1. The molecule has 0 aliphatic carbocycles. The minimum atomic E-state index is -1.07. The number of hydrogen-bond donors (Lipinski definition) is 2. The number of phenols is 1. The Morgan fingerprint density at radius 3 is 2.33 bits per heavy atom. The first-order valence-electron chi connectivity index (χ1n) is 11.6. The number of aliphatic hydroxyl groups is 1. The number of nitrogens with zero attached hydrogens (tertiary/aromatic N) is 2. The molecule has 3 aromatic carbocycles. The van der Waals surface area contributed by atoms with Gasteiger partial charge in [0.1, 0.15) is 23.1 Å². The van der Waals surface area contributed by atoms with Gasteiger partial charge in [-0.25, -0.2) is 4.39 Å². The van der Waals surface area contributed by atoms with Gasteiger partial charge in [0.2, 0.25) is 0 Å². The maximum absolute atomic E-state index is 14.1. The predicted octanol–water partition coefficient (Wildman–Crippen LogP) is 5.01. The summed E-state index contributed by atoms with van der Waals surface area (Å²) in [7, 11) is 1.35. The van der Waals surface area contributed by atoms with Crippen molar-refractivity contribution in [3.63, 3.8) is 0 Å². The van der Waals surface area contributed by atoms with Gasteiger partial charge in [0.05, 0.1) is 24.3 Å². The van der Waals surface area contributed by atoms with Crippen LogP contribution in [0.5, 0.6) is 11.5 Å². The Balaban J connectivity index is 1.92. The van der Waals surface area contributed by atoms with Gasteiger partial charge < -0.3 is 19.8 Å². The number of ether oxygens (including phenoxy) is 1. The van der Waals surface area contributed by atoms with Crippen LogP contribution in [0.15, 0.2) is 72.3 Å². The van der Waals surface area contributed by atoms with Crippen molar-refractivity contribution in [3.8, 4) is 11.5 Å². The fourth-order valence-corrected chi connectivity index (χ4v) is 4.53. The molecular formula is C28H27FN2O5. The van der Waals surface area contributed by atoms with Crippen LogP contribution >= 0.6 is 0 Å². The molecule has 1 unspecified atom stereocenters. The summed E-state index contributed by atoms with van der Waals surface area (Å²) < 4.78 is 19.3. The number of halogens is 1. The topological polar surface area (TPSA) is 90.3 Å². The molecule has 186 valence electrons. The van der Waals surface area contributed by atoms with Crippen LogP contribution in [0.25, 0.3) is 5.76 Å². The minimum absolute atomic E-state index is 0.0578. The Bertz CT molecular complexity index is 1330. The van der Waals surface area contributed by atoms with Crippen molar-refractivity contribution in [2.24, 2.45) is 0 Å². The Morgan fingerprint density at radius 1 is 1.03 bits per heavy atom. The monoisotopic (exact) mass is 490 g/mol. The van der Waals surface area contributed by atoms with E-state index in [0.717, 1.165) is 24.8 Å². The van der Waals surface area contributed by atoms with Gasteiger partial charge in [-0.05, 0) is 74.0 Å². The van der Waals surface area contributed by atoms with Gasteiger partial charge in [-0.15, -0.1) is 0 Å². The quantitative estimate of drug-likeness (QED) is 0.275. The molecule has 0 aromatic heterocycles. The molecule has 0 saturated carbocycles.